The summed E-state index contributed by atoms with van der Waals surface area (Å²) in [4.78, 5) is 4.72. The van der Waals surface area contributed by atoms with Gasteiger partial charge >= 0.3 is 0 Å². The fourth-order valence-corrected chi connectivity index (χ4v) is 3.74. The minimum Gasteiger partial charge on any atom is -0.379 e. The standard InChI is InChI=1S/C13H28N4O3S/c1-15(2)21(18,19)14-12-13(4-6-16(3)7-5-13)17-8-10-20-11-9-17/h14H,4-12H2,1-3H3. The molecule has 0 aromatic heterocycles. The smallest absolute Gasteiger partial charge is 0.278 e. The zero-order valence-electron chi connectivity index (χ0n) is 13.3. The van der Waals surface area contributed by atoms with E-state index in [1.165, 1.54) is 4.31 Å². The molecular formula is C13H28N4O3S. The minimum absolute atomic E-state index is 0.0840. The number of morpholine rings is 1. The third-order valence-corrected chi connectivity index (χ3v) is 6.13. The van der Waals surface area contributed by atoms with Gasteiger partial charge in [-0.15, -0.1) is 0 Å². The van der Waals surface area contributed by atoms with Gasteiger partial charge in [0.1, 0.15) is 0 Å². The zero-order chi connectivity index (χ0) is 15.5. The molecule has 0 aliphatic carbocycles. The number of nitrogens with zero attached hydrogens (tertiary/aromatic N) is 3. The van der Waals surface area contributed by atoms with Gasteiger partial charge in [-0.2, -0.15) is 12.7 Å². The van der Waals surface area contributed by atoms with Crippen molar-refractivity contribution in [3.05, 3.63) is 0 Å². The molecule has 0 atom stereocenters. The summed E-state index contributed by atoms with van der Waals surface area (Å²) in [5.41, 5.74) is -0.0840. The Morgan fingerprint density at radius 3 is 2.24 bits per heavy atom. The summed E-state index contributed by atoms with van der Waals surface area (Å²) in [7, 11) is 1.85. The predicted octanol–water partition coefficient (Wildman–Crippen LogP) is -0.821. The molecule has 0 unspecified atom stereocenters. The highest BCUT2D eigenvalue weighted by molar-refractivity contribution is 7.87. The molecule has 1 N–H and O–H groups in total. The van der Waals surface area contributed by atoms with Crippen LogP contribution in [-0.2, 0) is 14.9 Å². The highest BCUT2D eigenvalue weighted by atomic mass is 32.2. The summed E-state index contributed by atoms with van der Waals surface area (Å²) in [6.45, 7) is 5.71. The number of hydrogen-bond acceptors (Lipinski definition) is 5. The lowest BCUT2D eigenvalue weighted by Crippen LogP contribution is -2.63. The quantitative estimate of drug-likeness (QED) is 0.717. The predicted molar refractivity (Wildman–Crippen MR) is 82.5 cm³/mol. The van der Waals surface area contributed by atoms with Crippen molar-refractivity contribution in [2.75, 3.05) is 67.1 Å². The van der Waals surface area contributed by atoms with Crippen molar-refractivity contribution < 1.29 is 13.2 Å². The van der Waals surface area contributed by atoms with Gasteiger partial charge in [0, 0.05) is 39.3 Å². The van der Waals surface area contributed by atoms with Gasteiger partial charge in [0.25, 0.3) is 10.2 Å². The molecule has 21 heavy (non-hydrogen) atoms. The molecule has 2 rings (SSSR count). The van der Waals surface area contributed by atoms with Crippen LogP contribution in [0, 0.1) is 0 Å². The van der Waals surface area contributed by atoms with Crippen molar-refractivity contribution >= 4 is 10.2 Å². The molecule has 0 saturated carbocycles. The third kappa shape index (κ3) is 4.14. The van der Waals surface area contributed by atoms with Crippen LogP contribution in [0.3, 0.4) is 0 Å². The Labute approximate surface area is 128 Å². The summed E-state index contributed by atoms with van der Waals surface area (Å²) in [5.74, 6) is 0. The first-order chi connectivity index (χ1) is 9.86. The van der Waals surface area contributed by atoms with E-state index in [0.717, 1.165) is 52.2 Å². The van der Waals surface area contributed by atoms with Gasteiger partial charge in [-0.3, -0.25) is 4.90 Å². The van der Waals surface area contributed by atoms with Crippen LogP contribution < -0.4 is 4.72 Å². The van der Waals surface area contributed by atoms with Crippen LogP contribution in [0.2, 0.25) is 0 Å². The molecule has 0 amide bonds. The van der Waals surface area contributed by atoms with Gasteiger partial charge < -0.3 is 9.64 Å². The van der Waals surface area contributed by atoms with E-state index in [0.29, 0.717) is 6.54 Å². The van der Waals surface area contributed by atoms with Gasteiger partial charge in [0.05, 0.1) is 13.2 Å². The molecule has 0 aromatic carbocycles. The lowest BCUT2D eigenvalue weighted by atomic mass is 9.85. The lowest BCUT2D eigenvalue weighted by molar-refractivity contribution is -0.0427. The first-order valence-electron chi connectivity index (χ1n) is 7.54. The third-order valence-electron chi connectivity index (χ3n) is 4.66. The van der Waals surface area contributed by atoms with Crippen LogP contribution in [0.4, 0.5) is 0 Å². The SMILES string of the molecule is CN1CCC(CNS(=O)(=O)N(C)C)(N2CCOCC2)CC1. The molecule has 124 valence electrons. The molecule has 8 heteroatoms. The zero-order valence-corrected chi connectivity index (χ0v) is 14.2. The monoisotopic (exact) mass is 320 g/mol. The molecule has 2 aliphatic rings. The van der Waals surface area contributed by atoms with Crippen LogP contribution in [0.15, 0.2) is 0 Å². The maximum absolute atomic E-state index is 12.0. The van der Waals surface area contributed by atoms with Crippen LogP contribution in [0.1, 0.15) is 12.8 Å². The highest BCUT2D eigenvalue weighted by Crippen LogP contribution is 2.29. The molecule has 0 aromatic rings. The first kappa shape index (κ1) is 17.1. The number of hydrogen-bond donors (Lipinski definition) is 1. The number of ether oxygens (including phenoxy) is 1. The van der Waals surface area contributed by atoms with E-state index in [-0.39, 0.29) is 5.54 Å². The number of rotatable bonds is 5. The van der Waals surface area contributed by atoms with Crippen molar-refractivity contribution in [1.82, 2.24) is 18.8 Å². The summed E-state index contributed by atoms with van der Waals surface area (Å²) < 4.78 is 33.5. The second-order valence-electron chi connectivity index (χ2n) is 6.24. The Kier molecular flexibility index (Phi) is 5.61. The second-order valence-corrected chi connectivity index (χ2v) is 8.20. The summed E-state index contributed by atoms with van der Waals surface area (Å²) in [5, 5.41) is 0. The molecule has 0 bridgehead atoms. The number of likely N-dealkylation sites (tertiary alicyclic amines) is 1. The number of piperidine rings is 1. The topological polar surface area (TPSA) is 65.1 Å². The Bertz CT molecular complexity index is 427. The van der Waals surface area contributed by atoms with E-state index in [9.17, 15) is 8.42 Å². The molecule has 7 nitrogen and oxygen atoms in total. The van der Waals surface area contributed by atoms with Gasteiger partial charge in [-0.25, -0.2) is 4.72 Å². The Hall–Kier alpha value is -0.250. The summed E-state index contributed by atoms with van der Waals surface area (Å²) >= 11 is 0. The van der Waals surface area contributed by atoms with Gasteiger partial charge in [0.2, 0.25) is 0 Å². The Balaban J connectivity index is 2.08. The van der Waals surface area contributed by atoms with Crippen molar-refractivity contribution in [3.8, 4) is 0 Å². The van der Waals surface area contributed by atoms with E-state index >= 15 is 0 Å². The molecule has 2 aliphatic heterocycles. The first-order valence-corrected chi connectivity index (χ1v) is 8.98. The maximum atomic E-state index is 12.0. The van der Waals surface area contributed by atoms with E-state index in [4.69, 9.17) is 4.74 Å². The fraction of sp³-hybridized carbons (Fsp3) is 1.00. The van der Waals surface area contributed by atoms with Crippen molar-refractivity contribution in [2.45, 2.75) is 18.4 Å². The van der Waals surface area contributed by atoms with E-state index in [1.807, 2.05) is 0 Å². The van der Waals surface area contributed by atoms with Crippen LogP contribution in [0.5, 0.6) is 0 Å². The van der Waals surface area contributed by atoms with Gasteiger partial charge in [0.15, 0.2) is 0 Å². The maximum Gasteiger partial charge on any atom is 0.278 e. The number of nitrogens with one attached hydrogen (secondary N) is 1. The molecule has 2 heterocycles. The molecule has 2 fully saturated rings. The van der Waals surface area contributed by atoms with Gasteiger partial charge in [-0.1, -0.05) is 0 Å². The van der Waals surface area contributed by atoms with Crippen LogP contribution >= 0.6 is 0 Å². The van der Waals surface area contributed by atoms with Crippen LogP contribution in [-0.4, -0.2) is 95.1 Å². The van der Waals surface area contributed by atoms with Crippen molar-refractivity contribution in [3.63, 3.8) is 0 Å². The largest absolute Gasteiger partial charge is 0.379 e. The second kappa shape index (κ2) is 6.89. The van der Waals surface area contributed by atoms with Crippen LogP contribution in [0.25, 0.3) is 0 Å². The Morgan fingerprint density at radius 2 is 1.71 bits per heavy atom. The Morgan fingerprint density at radius 1 is 1.14 bits per heavy atom. The average molecular weight is 320 g/mol. The molecule has 2 saturated heterocycles. The normalized spacial score (nSPS) is 25.3. The summed E-state index contributed by atoms with van der Waals surface area (Å²) in [6.07, 6.45) is 1.97. The summed E-state index contributed by atoms with van der Waals surface area (Å²) in [6, 6.07) is 0. The average Bonchev–Trinajstić information content (AvgIpc) is 2.48. The molecule has 0 radical (unpaired) electrons. The van der Waals surface area contributed by atoms with E-state index < -0.39 is 10.2 Å². The van der Waals surface area contributed by atoms with E-state index in [1.54, 1.807) is 14.1 Å². The van der Waals surface area contributed by atoms with Gasteiger partial charge in [-0.05, 0) is 33.0 Å². The van der Waals surface area contributed by atoms with E-state index in [2.05, 4.69) is 21.6 Å². The fourth-order valence-electron chi connectivity index (χ4n) is 3.03. The van der Waals surface area contributed by atoms with Crippen molar-refractivity contribution in [2.24, 2.45) is 0 Å². The minimum atomic E-state index is -3.38. The molecular weight excluding hydrogens is 292 g/mol. The van der Waals surface area contributed by atoms with Crippen molar-refractivity contribution in [1.29, 1.82) is 0 Å². The highest BCUT2D eigenvalue weighted by Gasteiger charge is 2.40. The molecule has 0 spiro atoms. The lowest BCUT2D eigenvalue weighted by Gasteiger charge is -2.49.